The second-order valence-corrected chi connectivity index (χ2v) is 9.77. The lowest BCUT2D eigenvalue weighted by Gasteiger charge is -2.13. The summed E-state index contributed by atoms with van der Waals surface area (Å²) >= 11 is 0. The molecular weight excluding hydrogens is 467 g/mol. The summed E-state index contributed by atoms with van der Waals surface area (Å²) in [6, 6.07) is 18.3. The van der Waals surface area contributed by atoms with E-state index in [4.69, 9.17) is 4.42 Å². The zero-order valence-corrected chi connectivity index (χ0v) is 20.2. The highest BCUT2D eigenvalue weighted by atomic mass is 32.2. The molecule has 3 aromatic carbocycles. The number of rotatable bonds is 8. The van der Waals surface area contributed by atoms with Crippen molar-refractivity contribution in [2.75, 3.05) is 17.5 Å². The van der Waals surface area contributed by atoms with E-state index in [2.05, 4.69) is 10.0 Å². The van der Waals surface area contributed by atoms with Crippen LogP contribution in [0.15, 0.2) is 83.3 Å². The van der Waals surface area contributed by atoms with Gasteiger partial charge in [-0.2, -0.15) is 0 Å². The molecule has 180 valence electrons. The number of carbonyl (C=O) groups excluding carboxylic acids is 1. The third kappa shape index (κ3) is 5.27. The summed E-state index contributed by atoms with van der Waals surface area (Å²) in [6.45, 7) is 1.83. The van der Waals surface area contributed by atoms with Gasteiger partial charge in [-0.1, -0.05) is 42.5 Å². The van der Waals surface area contributed by atoms with Gasteiger partial charge in [0.2, 0.25) is 10.0 Å². The average Bonchev–Trinajstić information content (AvgIpc) is 3.22. The highest BCUT2D eigenvalue weighted by molar-refractivity contribution is 7.92. The maximum Gasteiger partial charge on any atom is 0.255 e. The molecule has 0 fully saturated rings. The molecule has 1 amide bonds. The molecular formula is C27H25FN2O4S. The summed E-state index contributed by atoms with van der Waals surface area (Å²) in [7, 11) is -2.14. The largest absolute Gasteiger partial charge is 0.455 e. The molecule has 0 aliphatic rings. The standard InChI is InChI=1S/C27H25FN2O4S/c1-3-4-8-15-35(32,33)30-23-17-24-22(16-21(23)18-9-6-5-7-10-18)25(27(31)29-2)26(34-24)19-11-13-20(28)14-12-19/h3-7,9-14,16-17,30H,8,15H2,1-2H3,(H,29,31)/b4-3+. The molecule has 1 heterocycles. The lowest BCUT2D eigenvalue weighted by Crippen LogP contribution is -2.18. The second kappa shape index (κ2) is 10.1. The van der Waals surface area contributed by atoms with Gasteiger partial charge in [0.05, 0.1) is 17.0 Å². The topological polar surface area (TPSA) is 88.4 Å². The Morgan fingerprint density at radius 3 is 2.40 bits per heavy atom. The Bertz CT molecular complexity index is 1490. The van der Waals surface area contributed by atoms with Crippen molar-refractivity contribution < 1.29 is 22.0 Å². The lowest BCUT2D eigenvalue weighted by atomic mass is 9.99. The minimum Gasteiger partial charge on any atom is -0.455 e. The van der Waals surface area contributed by atoms with Crippen LogP contribution in [0.5, 0.6) is 0 Å². The van der Waals surface area contributed by atoms with Crippen molar-refractivity contribution in [3.63, 3.8) is 0 Å². The molecule has 0 atom stereocenters. The average molecular weight is 493 g/mol. The first-order valence-corrected chi connectivity index (χ1v) is 12.7. The molecule has 0 spiro atoms. The monoisotopic (exact) mass is 492 g/mol. The van der Waals surface area contributed by atoms with Crippen LogP contribution in [0, 0.1) is 5.82 Å². The number of benzene rings is 3. The van der Waals surface area contributed by atoms with Crippen molar-refractivity contribution in [1.82, 2.24) is 5.32 Å². The third-order valence-corrected chi connectivity index (χ3v) is 6.83. The molecule has 35 heavy (non-hydrogen) atoms. The minimum atomic E-state index is -3.65. The molecule has 0 bridgehead atoms. The molecule has 4 rings (SSSR count). The van der Waals surface area contributed by atoms with Crippen LogP contribution in [0.1, 0.15) is 23.7 Å². The molecule has 0 aliphatic heterocycles. The van der Waals surface area contributed by atoms with Crippen molar-refractivity contribution in [2.45, 2.75) is 13.3 Å². The van der Waals surface area contributed by atoms with Crippen LogP contribution in [0.3, 0.4) is 0 Å². The van der Waals surface area contributed by atoms with Gasteiger partial charge in [-0.25, -0.2) is 12.8 Å². The Hall–Kier alpha value is -3.91. The first kappa shape index (κ1) is 24.2. The fraction of sp³-hybridized carbons (Fsp3) is 0.148. The number of furan rings is 1. The van der Waals surface area contributed by atoms with Gasteiger partial charge >= 0.3 is 0 Å². The van der Waals surface area contributed by atoms with Gasteiger partial charge in [-0.15, -0.1) is 0 Å². The van der Waals surface area contributed by atoms with E-state index in [-0.39, 0.29) is 23.0 Å². The Kier molecular flexibility index (Phi) is 7.02. The SMILES string of the molecule is C/C=C/CCS(=O)(=O)Nc1cc2oc(-c3ccc(F)cc3)c(C(=O)NC)c2cc1-c1ccccc1. The van der Waals surface area contributed by atoms with Crippen LogP contribution in [-0.2, 0) is 10.0 Å². The van der Waals surface area contributed by atoms with Crippen LogP contribution in [0.25, 0.3) is 33.4 Å². The number of hydrogen-bond donors (Lipinski definition) is 2. The number of hydrogen-bond acceptors (Lipinski definition) is 4. The maximum absolute atomic E-state index is 13.5. The first-order valence-electron chi connectivity index (χ1n) is 11.1. The van der Waals surface area contributed by atoms with Gasteiger partial charge in [0, 0.05) is 29.6 Å². The van der Waals surface area contributed by atoms with Gasteiger partial charge < -0.3 is 9.73 Å². The van der Waals surface area contributed by atoms with E-state index >= 15 is 0 Å². The van der Waals surface area contributed by atoms with Crippen LogP contribution in [0.4, 0.5) is 10.1 Å². The second-order valence-electron chi connectivity index (χ2n) is 7.93. The van der Waals surface area contributed by atoms with Crippen molar-refractivity contribution in [2.24, 2.45) is 0 Å². The zero-order valence-electron chi connectivity index (χ0n) is 19.3. The highest BCUT2D eigenvalue weighted by Gasteiger charge is 2.24. The molecule has 0 saturated carbocycles. The number of halogens is 1. The zero-order chi connectivity index (χ0) is 25.0. The molecule has 1 aromatic heterocycles. The molecule has 0 aliphatic carbocycles. The van der Waals surface area contributed by atoms with Gasteiger partial charge in [-0.3, -0.25) is 9.52 Å². The van der Waals surface area contributed by atoms with E-state index in [1.165, 1.54) is 31.3 Å². The van der Waals surface area contributed by atoms with E-state index < -0.39 is 15.8 Å². The van der Waals surface area contributed by atoms with E-state index in [9.17, 15) is 17.6 Å². The summed E-state index contributed by atoms with van der Waals surface area (Å²) in [5.74, 6) is -0.591. The van der Waals surface area contributed by atoms with Crippen LogP contribution in [0.2, 0.25) is 0 Å². The van der Waals surface area contributed by atoms with Crippen molar-refractivity contribution in [1.29, 1.82) is 0 Å². The van der Waals surface area contributed by atoms with Gasteiger partial charge in [0.25, 0.3) is 5.91 Å². The Morgan fingerprint density at radius 2 is 1.74 bits per heavy atom. The number of sulfonamides is 1. The van der Waals surface area contributed by atoms with Gasteiger partial charge in [0.1, 0.15) is 17.2 Å². The van der Waals surface area contributed by atoms with Crippen LogP contribution >= 0.6 is 0 Å². The van der Waals surface area contributed by atoms with Crippen molar-refractivity contribution >= 4 is 32.6 Å². The van der Waals surface area contributed by atoms with Crippen LogP contribution < -0.4 is 10.0 Å². The Labute approximate surface area is 203 Å². The summed E-state index contributed by atoms with van der Waals surface area (Å²) < 4.78 is 47.9. The summed E-state index contributed by atoms with van der Waals surface area (Å²) in [5.41, 5.74) is 2.85. The quantitative estimate of drug-likeness (QED) is 0.297. The van der Waals surface area contributed by atoms with E-state index in [0.29, 0.717) is 34.2 Å². The molecule has 0 saturated heterocycles. The van der Waals surface area contributed by atoms with Crippen LogP contribution in [-0.4, -0.2) is 27.1 Å². The van der Waals surface area contributed by atoms with Crippen molar-refractivity contribution in [3.8, 4) is 22.5 Å². The number of carbonyl (C=O) groups is 1. The summed E-state index contributed by atoms with van der Waals surface area (Å²) in [5, 5.41) is 3.14. The predicted octanol–water partition coefficient (Wildman–Crippen LogP) is 5.97. The summed E-state index contributed by atoms with van der Waals surface area (Å²) in [6.07, 6.45) is 3.97. The molecule has 0 unspecified atom stereocenters. The number of allylic oxidation sites excluding steroid dienone is 2. The summed E-state index contributed by atoms with van der Waals surface area (Å²) in [4.78, 5) is 12.9. The fourth-order valence-electron chi connectivity index (χ4n) is 3.85. The Morgan fingerprint density at radius 1 is 1.03 bits per heavy atom. The number of nitrogens with one attached hydrogen (secondary N) is 2. The third-order valence-electron chi connectivity index (χ3n) is 5.53. The predicted molar refractivity (Wildman–Crippen MR) is 137 cm³/mol. The maximum atomic E-state index is 13.5. The normalized spacial score (nSPS) is 11.7. The Balaban J connectivity index is 1.94. The van der Waals surface area contributed by atoms with E-state index in [1.54, 1.807) is 24.3 Å². The fourth-order valence-corrected chi connectivity index (χ4v) is 4.90. The molecule has 4 aromatic rings. The van der Waals surface area contributed by atoms with E-state index in [1.807, 2.05) is 37.3 Å². The van der Waals surface area contributed by atoms with Gasteiger partial charge in [-0.05, 0) is 49.2 Å². The van der Waals surface area contributed by atoms with E-state index in [0.717, 1.165) is 5.56 Å². The highest BCUT2D eigenvalue weighted by Crippen LogP contribution is 2.40. The molecule has 2 N–H and O–H groups in total. The smallest absolute Gasteiger partial charge is 0.255 e. The molecule has 6 nitrogen and oxygen atoms in total. The number of amides is 1. The van der Waals surface area contributed by atoms with Crippen molar-refractivity contribution in [3.05, 3.63) is 90.3 Å². The minimum absolute atomic E-state index is 0.0773. The molecule has 0 radical (unpaired) electrons. The first-order chi connectivity index (χ1) is 16.8. The van der Waals surface area contributed by atoms with Gasteiger partial charge in [0.15, 0.2) is 0 Å². The lowest BCUT2D eigenvalue weighted by molar-refractivity contribution is 0.0964. The molecule has 8 heteroatoms. The number of anilines is 1. The number of fused-ring (bicyclic) bond motifs is 1.